The van der Waals surface area contributed by atoms with Gasteiger partial charge in [-0.25, -0.2) is 4.98 Å². The van der Waals surface area contributed by atoms with Crippen molar-refractivity contribution in [1.82, 2.24) is 25.2 Å². The van der Waals surface area contributed by atoms with Crippen LogP contribution in [0.25, 0.3) is 21.9 Å². The molecule has 0 fully saturated rings. The summed E-state index contributed by atoms with van der Waals surface area (Å²) in [5.41, 5.74) is 4.78. The average Bonchev–Trinajstić information content (AvgIpc) is 3.30. The van der Waals surface area contributed by atoms with Crippen LogP contribution in [0.1, 0.15) is 17.8 Å². The van der Waals surface area contributed by atoms with Crippen molar-refractivity contribution in [2.24, 2.45) is 4.99 Å². The van der Waals surface area contributed by atoms with Gasteiger partial charge in [0.1, 0.15) is 5.82 Å². The highest BCUT2D eigenvalue weighted by atomic mass is 15.2. The van der Waals surface area contributed by atoms with Crippen LogP contribution >= 0.6 is 0 Å². The number of rotatable bonds is 7. The Morgan fingerprint density at radius 2 is 1.86 bits per heavy atom. The number of nitrogens with one attached hydrogen (secondary N) is 3. The molecule has 2 aromatic carbocycles. The number of aromatic amines is 1. The molecule has 0 atom stereocenters. The van der Waals surface area contributed by atoms with E-state index in [1.807, 2.05) is 13.1 Å². The molecule has 6 nitrogen and oxygen atoms in total. The van der Waals surface area contributed by atoms with Gasteiger partial charge in [-0.3, -0.25) is 4.99 Å². The van der Waals surface area contributed by atoms with Crippen LogP contribution in [0.3, 0.4) is 0 Å². The van der Waals surface area contributed by atoms with Crippen molar-refractivity contribution < 1.29 is 0 Å². The van der Waals surface area contributed by atoms with Crippen molar-refractivity contribution in [3.05, 3.63) is 66.1 Å². The van der Waals surface area contributed by atoms with E-state index in [2.05, 4.69) is 85.7 Å². The number of hydrogen-bond acceptors (Lipinski definition) is 2. The van der Waals surface area contributed by atoms with E-state index >= 15 is 0 Å². The molecule has 0 saturated heterocycles. The Morgan fingerprint density at radius 3 is 2.76 bits per heavy atom. The zero-order chi connectivity index (χ0) is 20.1. The van der Waals surface area contributed by atoms with Gasteiger partial charge in [-0.2, -0.15) is 0 Å². The summed E-state index contributed by atoms with van der Waals surface area (Å²) in [5, 5.41) is 8.12. The standard InChI is InChI=1S/C23H28N6/c1-17-28-21-10-5-6-11-22(21)29(17)15-7-13-25-23(24-2)26-14-12-18-16-27-20-9-4-3-8-19(18)20/h3-6,8-11,16,27H,7,12-15H2,1-2H3,(H2,24,25,26). The molecular formula is C23H28N6. The van der Waals surface area contributed by atoms with Crippen LogP contribution in [0, 0.1) is 6.92 Å². The van der Waals surface area contributed by atoms with E-state index in [1.165, 1.54) is 22.0 Å². The highest BCUT2D eigenvalue weighted by Crippen LogP contribution is 2.18. The highest BCUT2D eigenvalue weighted by Gasteiger charge is 2.06. The Balaban J connectivity index is 1.24. The summed E-state index contributed by atoms with van der Waals surface area (Å²) < 4.78 is 2.28. The number of guanidine groups is 1. The van der Waals surface area contributed by atoms with Crippen molar-refractivity contribution >= 4 is 27.9 Å². The molecule has 0 radical (unpaired) electrons. The smallest absolute Gasteiger partial charge is 0.190 e. The number of para-hydroxylation sites is 3. The van der Waals surface area contributed by atoms with Gasteiger partial charge in [0.2, 0.25) is 0 Å². The Bertz CT molecular complexity index is 1120. The summed E-state index contributed by atoms with van der Waals surface area (Å²) in [6, 6.07) is 16.7. The number of benzene rings is 2. The summed E-state index contributed by atoms with van der Waals surface area (Å²) in [5.74, 6) is 1.91. The number of aliphatic imine (C=N–C) groups is 1. The molecule has 6 heteroatoms. The summed E-state index contributed by atoms with van der Waals surface area (Å²) in [6.07, 6.45) is 4.05. The minimum Gasteiger partial charge on any atom is -0.361 e. The molecule has 0 unspecified atom stereocenters. The van der Waals surface area contributed by atoms with Crippen LogP contribution in [0.2, 0.25) is 0 Å². The first-order valence-electron chi connectivity index (χ1n) is 10.2. The van der Waals surface area contributed by atoms with E-state index in [0.29, 0.717) is 0 Å². The maximum absolute atomic E-state index is 4.63. The van der Waals surface area contributed by atoms with Gasteiger partial charge < -0.3 is 20.2 Å². The SMILES string of the molecule is CN=C(NCCCn1c(C)nc2ccccc21)NCCc1c[nH]c2ccccc12. The number of hydrogen-bond donors (Lipinski definition) is 3. The van der Waals surface area contributed by atoms with Crippen LogP contribution in [-0.4, -0.2) is 40.6 Å². The minimum atomic E-state index is 0.840. The van der Waals surface area contributed by atoms with Crippen LogP contribution < -0.4 is 10.6 Å². The zero-order valence-electron chi connectivity index (χ0n) is 17.1. The van der Waals surface area contributed by atoms with Crippen LogP contribution in [-0.2, 0) is 13.0 Å². The maximum atomic E-state index is 4.63. The summed E-state index contributed by atoms with van der Waals surface area (Å²) >= 11 is 0. The van der Waals surface area contributed by atoms with E-state index < -0.39 is 0 Å². The molecule has 0 bridgehead atoms. The van der Waals surface area contributed by atoms with Gasteiger partial charge in [0, 0.05) is 43.8 Å². The van der Waals surface area contributed by atoms with E-state index in [9.17, 15) is 0 Å². The van der Waals surface area contributed by atoms with E-state index in [-0.39, 0.29) is 0 Å². The largest absolute Gasteiger partial charge is 0.361 e. The molecular weight excluding hydrogens is 360 g/mol. The minimum absolute atomic E-state index is 0.840. The number of nitrogens with zero attached hydrogens (tertiary/aromatic N) is 3. The predicted octanol–water partition coefficient (Wildman–Crippen LogP) is 3.62. The second-order valence-corrected chi connectivity index (χ2v) is 7.19. The molecule has 3 N–H and O–H groups in total. The van der Waals surface area contributed by atoms with Crippen LogP contribution in [0.4, 0.5) is 0 Å². The third-order valence-corrected chi connectivity index (χ3v) is 5.28. The molecule has 0 spiro atoms. The zero-order valence-corrected chi connectivity index (χ0v) is 17.1. The average molecular weight is 389 g/mol. The summed E-state index contributed by atoms with van der Waals surface area (Å²) in [7, 11) is 1.81. The molecule has 29 heavy (non-hydrogen) atoms. The Kier molecular flexibility index (Phi) is 5.79. The van der Waals surface area contributed by atoms with Gasteiger partial charge in [0.05, 0.1) is 11.0 Å². The lowest BCUT2D eigenvalue weighted by Gasteiger charge is -2.12. The summed E-state index contributed by atoms with van der Waals surface area (Å²) in [4.78, 5) is 12.3. The number of imidazole rings is 1. The molecule has 0 aliphatic heterocycles. The van der Waals surface area contributed by atoms with E-state index in [4.69, 9.17) is 0 Å². The maximum Gasteiger partial charge on any atom is 0.190 e. The Morgan fingerprint density at radius 1 is 1.07 bits per heavy atom. The highest BCUT2D eigenvalue weighted by molar-refractivity contribution is 5.83. The fraction of sp³-hybridized carbons (Fsp3) is 0.304. The molecule has 4 rings (SSSR count). The van der Waals surface area contributed by atoms with Crippen molar-refractivity contribution in [3.63, 3.8) is 0 Å². The number of fused-ring (bicyclic) bond motifs is 2. The molecule has 0 aliphatic rings. The third kappa shape index (κ3) is 4.26. The van der Waals surface area contributed by atoms with Gasteiger partial charge >= 0.3 is 0 Å². The fourth-order valence-electron chi connectivity index (χ4n) is 3.80. The van der Waals surface area contributed by atoms with Crippen molar-refractivity contribution in [2.45, 2.75) is 26.3 Å². The number of aryl methyl sites for hydroxylation is 2. The van der Waals surface area contributed by atoms with Crippen molar-refractivity contribution in [2.75, 3.05) is 20.1 Å². The second kappa shape index (κ2) is 8.82. The summed E-state index contributed by atoms with van der Waals surface area (Å²) in [6.45, 7) is 4.70. The second-order valence-electron chi connectivity index (χ2n) is 7.19. The van der Waals surface area contributed by atoms with Gasteiger partial charge in [-0.1, -0.05) is 30.3 Å². The lowest BCUT2D eigenvalue weighted by atomic mass is 10.1. The fourth-order valence-corrected chi connectivity index (χ4v) is 3.80. The first-order chi connectivity index (χ1) is 14.3. The lowest BCUT2D eigenvalue weighted by Crippen LogP contribution is -2.39. The molecule has 0 aliphatic carbocycles. The lowest BCUT2D eigenvalue weighted by molar-refractivity contribution is 0.624. The van der Waals surface area contributed by atoms with Gasteiger partial charge in [-0.05, 0) is 43.5 Å². The molecule has 150 valence electrons. The van der Waals surface area contributed by atoms with Gasteiger partial charge in [0.25, 0.3) is 0 Å². The topological polar surface area (TPSA) is 70.0 Å². The van der Waals surface area contributed by atoms with Crippen LogP contribution in [0.15, 0.2) is 59.7 Å². The molecule has 2 heterocycles. The van der Waals surface area contributed by atoms with Crippen molar-refractivity contribution in [3.8, 4) is 0 Å². The Hall–Kier alpha value is -3.28. The van der Waals surface area contributed by atoms with E-state index in [1.54, 1.807) is 0 Å². The normalized spacial score (nSPS) is 12.0. The number of H-pyrrole nitrogens is 1. The molecule has 0 saturated carbocycles. The van der Waals surface area contributed by atoms with Gasteiger partial charge in [-0.15, -0.1) is 0 Å². The van der Waals surface area contributed by atoms with Crippen molar-refractivity contribution in [1.29, 1.82) is 0 Å². The quantitative estimate of drug-likeness (QED) is 0.257. The molecule has 4 aromatic rings. The third-order valence-electron chi connectivity index (χ3n) is 5.28. The first-order valence-corrected chi connectivity index (χ1v) is 10.2. The molecule has 0 amide bonds. The predicted molar refractivity (Wildman–Crippen MR) is 120 cm³/mol. The number of aromatic nitrogens is 3. The van der Waals surface area contributed by atoms with E-state index in [0.717, 1.165) is 49.8 Å². The molecule has 2 aromatic heterocycles. The Labute approximate surface area is 171 Å². The van der Waals surface area contributed by atoms with Gasteiger partial charge in [0.15, 0.2) is 5.96 Å². The first kappa shape index (κ1) is 19.1. The van der Waals surface area contributed by atoms with Crippen LogP contribution in [0.5, 0.6) is 0 Å². The monoisotopic (exact) mass is 388 g/mol.